The largest absolute Gasteiger partial charge is 0.347 e. The molecule has 0 unspecified atom stereocenters. The highest BCUT2D eigenvalue weighted by Crippen LogP contribution is 2.32. The van der Waals surface area contributed by atoms with E-state index in [1.807, 2.05) is 18.7 Å². The highest BCUT2D eigenvalue weighted by molar-refractivity contribution is 7.92. The Morgan fingerprint density at radius 2 is 1.88 bits per heavy atom. The fourth-order valence-corrected chi connectivity index (χ4v) is 6.33. The maximum atomic E-state index is 13.0. The first kappa shape index (κ1) is 22.8. The molecule has 170 valence electrons. The Morgan fingerprint density at radius 3 is 2.56 bits per heavy atom. The van der Waals surface area contributed by atoms with Crippen molar-refractivity contribution in [2.24, 2.45) is 7.05 Å². The Balaban J connectivity index is 1.61. The summed E-state index contributed by atoms with van der Waals surface area (Å²) in [4.78, 5) is 20.1. The number of carbonyl (C=O) groups is 1. The standard InChI is InChI=1S/C22H25ClN4O3S2/c1-14-7-8-18(17(23)11-14)25-32(29,30)16-12-19(26(3)13-16)21-24-15(2)20(31-21)22(28)27-9-5-4-6-10-27/h7-8,11-13,25H,4-6,9-10H2,1-3H3. The molecule has 1 fully saturated rings. The molecule has 0 atom stereocenters. The number of aryl methyl sites for hydroxylation is 3. The van der Waals surface area contributed by atoms with E-state index in [-0.39, 0.29) is 10.8 Å². The van der Waals surface area contributed by atoms with Crippen LogP contribution in [0.1, 0.15) is 40.2 Å². The van der Waals surface area contributed by atoms with Crippen LogP contribution in [0.25, 0.3) is 10.7 Å². The van der Waals surface area contributed by atoms with Crippen molar-refractivity contribution in [3.63, 3.8) is 0 Å². The number of aromatic nitrogens is 2. The first-order valence-corrected chi connectivity index (χ1v) is 13.1. The monoisotopic (exact) mass is 492 g/mol. The summed E-state index contributed by atoms with van der Waals surface area (Å²) in [5, 5.41) is 0.946. The van der Waals surface area contributed by atoms with Gasteiger partial charge in [-0.2, -0.15) is 0 Å². The van der Waals surface area contributed by atoms with Gasteiger partial charge in [-0.15, -0.1) is 11.3 Å². The average molecular weight is 493 g/mol. The molecule has 0 aliphatic carbocycles. The summed E-state index contributed by atoms with van der Waals surface area (Å²) in [6.45, 7) is 5.24. The highest BCUT2D eigenvalue weighted by atomic mass is 35.5. The van der Waals surface area contributed by atoms with Crippen LogP contribution in [0.2, 0.25) is 5.02 Å². The molecule has 1 amide bonds. The van der Waals surface area contributed by atoms with Crippen molar-refractivity contribution in [1.82, 2.24) is 14.5 Å². The van der Waals surface area contributed by atoms with E-state index < -0.39 is 10.0 Å². The Hall–Kier alpha value is -2.36. The number of benzene rings is 1. The summed E-state index contributed by atoms with van der Waals surface area (Å²) in [5.74, 6) is 0.00341. The molecule has 0 saturated carbocycles. The number of hydrogen-bond acceptors (Lipinski definition) is 5. The molecule has 1 aliphatic heterocycles. The van der Waals surface area contributed by atoms with Crippen molar-refractivity contribution in [2.75, 3.05) is 17.8 Å². The quantitative estimate of drug-likeness (QED) is 0.552. The van der Waals surface area contributed by atoms with Gasteiger partial charge in [0.15, 0.2) is 0 Å². The van der Waals surface area contributed by atoms with E-state index in [1.165, 1.54) is 17.5 Å². The molecule has 1 aliphatic rings. The Labute approximate surface area is 197 Å². The van der Waals surface area contributed by atoms with Gasteiger partial charge in [0.1, 0.15) is 14.8 Å². The number of halogens is 1. The topological polar surface area (TPSA) is 84.3 Å². The number of amides is 1. The Morgan fingerprint density at radius 1 is 1.16 bits per heavy atom. The lowest BCUT2D eigenvalue weighted by atomic mass is 10.1. The van der Waals surface area contributed by atoms with E-state index in [9.17, 15) is 13.2 Å². The number of rotatable bonds is 5. The van der Waals surface area contributed by atoms with Gasteiger partial charge in [0, 0.05) is 26.3 Å². The van der Waals surface area contributed by atoms with E-state index >= 15 is 0 Å². The Kier molecular flexibility index (Phi) is 6.33. The van der Waals surface area contributed by atoms with Gasteiger partial charge in [-0.1, -0.05) is 17.7 Å². The number of nitrogens with one attached hydrogen (secondary N) is 1. The summed E-state index contributed by atoms with van der Waals surface area (Å²) in [6.07, 6.45) is 4.72. The predicted molar refractivity (Wildman–Crippen MR) is 128 cm³/mol. The van der Waals surface area contributed by atoms with Gasteiger partial charge in [0.25, 0.3) is 15.9 Å². The number of piperidine rings is 1. The van der Waals surface area contributed by atoms with Gasteiger partial charge in [-0.3, -0.25) is 9.52 Å². The van der Waals surface area contributed by atoms with Crippen molar-refractivity contribution in [1.29, 1.82) is 0 Å². The van der Waals surface area contributed by atoms with Crippen molar-refractivity contribution < 1.29 is 13.2 Å². The van der Waals surface area contributed by atoms with E-state index in [0.29, 0.717) is 32.0 Å². The van der Waals surface area contributed by atoms with Crippen molar-refractivity contribution in [3.8, 4) is 10.7 Å². The number of thiazole rings is 1. The summed E-state index contributed by atoms with van der Waals surface area (Å²) in [7, 11) is -2.09. The lowest BCUT2D eigenvalue weighted by Crippen LogP contribution is -2.35. The lowest BCUT2D eigenvalue weighted by molar-refractivity contribution is 0.0728. The molecule has 0 bridgehead atoms. The summed E-state index contributed by atoms with van der Waals surface area (Å²) < 4.78 is 30.2. The minimum Gasteiger partial charge on any atom is -0.347 e. The zero-order chi connectivity index (χ0) is 23.0. The lowest BCUT2D eigenvalue weighted by Gasteiger charge is -2.26. The van der Waals surface area contributed by atoms with Crippen molar-refractivity contribution >= 4 is 44.6 Å². The van der Waals surface area contributed by atoms with E-state index in [0.717, 1.165) is 37.9 Å². The van der Waals surface area contributed by atoms with E-state index in [1.54, 1.807) is 35.9 Å². The van der Waals surface area contributed by atoms with Crippen LogP contribution in [0.4, 0.5) is 5.69 Å². The van der Waals surface area contributed by atoms with Crippen LogP contribution in [-0.4, -0.2) is 41.9 Å². The normalized spacial score (nSPS) is 14.6. The van der Waals surface area contributed by atoms with Crippen LogP contribution in [0.5, 0.6) is 0 Å². The Bertz CT molecular complexity index is 1270. The number of carbonyl (C=O) groups excluding carboxylic acids is 1. The molecule has 1 aromatic carbocycles. The molecule has 4 rings (SSSR count). The van der Waals surface area contributed by atoms with Crippen LogP contribution in [-0.2, 0) is 17.1 Å². The van der Waals surface area contributed by atoms with E-state index in [2.05, 4.69) is 9.71 Å². The zero-order valence-corrected chi connectivity index (χ0v) is 20.6. The number of sulfonamides is 1. The number of hydrogen-bond donors (Lipinski definition) is 1. The first-order valence-electron chi connectivity index (χ1n) is 10.4. The fourth-order valence-electron chi connectivity index (χ4n) is 3.75. The van der Waals surface area contributed by atoms with Crippen LogP contribution in [0.3, 0.4) is 0 Å². The van der Waals surface area contributed by atoms with Gasteiger partial charge >= 0.3 is 0 Å². The summed E-state index contributed by atoms with van der Waals surface area (Å²) >= 11 is 7.49. The molecule has 1 N–H and O–H groups in total. The predicted octanol–water partition coefficient (Wildman–Crippen LogP) is 4.85. The second-order valence-electron chi connectivity index (χ2n) is 8.05. The van der Waals surface area contributed by atoms with Gasteiger partial charge < -0.3 is 9.47 Å². The molecule has 10 heteroatoms. The smallest absolute Gasteiger partial charge is 0.265 e. The molecule has 0 radical (unpaired) electrons. The molecule has 1 saturated heterocycles. The maximum absolute atomic E-state index is 13.0. The third kappa shape index (κ3) is 4.55. The minimum atomic E-state index is -3.85. The zero-order valence-electron chi connectivity index (χ0n) is 18.2. The van der Waals surface area contributed by atoms with Crippen molar-refractivity contribution in [3.05, 3.63) is 51.6 Å². The minimum absolute atomic E-state index is 0.00341. The van der Waals surface area contributed by atoms with Gasteiger partial charge in [-0.05, 0) is 56.9 Å². The van der Waals surface area contributed by atoms with E-state index in [4.69, 9.17) is 11.6 Å². The summed E-state index contributed by atoms with van der Waals surface area (Å²) in [5.41, 5.74) is 2.55. The third-order valence-corrected chi connectivity index (χ3v) is 8.33. The fraction of sp³-hybridized carbons (Fsp3) is 0.364. The molecule has 32 heavy (non-hydrogen) atoms. The maximum Gasteiger partial charge on any atom is 0.265 e. The van der Waals surface area contributed by atoms with Crippen LogP contribution >= 0.6 is 22.9 Å². The third-order valence-electron chi connectivity index (χ3n) is 5.51. The second-order valence-corrected chi connectivity index (χ2v) is 11.1. The molecule has 3 heterocycles. The molecular formula is C22H25ClN4O3S2. The molecule has 2 aromatic heterocycles. The molecule has 3 aromatic rings. The number of anilines is 1. The molecular weight excluding hydrogens is 468 g/mol. The van der Waals surface area contributed by atoms with Gasteiger partial charge in [-0.25, -0.2) is 13.4 Å². The van der Waals surface area contributed by atoms with Crippen molar-refractivity contribution in [2.45, 2.75) is 38.0 Å². The van der Waals surface area contributed by atoms with Crippen LogP contribution in [0.15, 0.2) is 35.4 Å². The molecule has 7 nitrogen and oxygen atoms in total. The summed E-state index contributed by atoms with van der Waals surface area (Å²) in [6, 6.07) is 6.70. The van der Waals surface area contributed by atoms with Crippen LogP contribution < -0.4 is 4.72 Å². The average Bonchev–Trinajstić information content (AvgIpc) is 3.33. The highest BCUT2D eigenvalue weighted by Gasteiger charge is 2.25. The first-order chi connectivity index (χ1) is 15.2. The van der Waals surface area contributed by atoms with Crippen LogP contribution in [0, 0.1) is 13.8 Å². The number of nitrogens with zero attached hydrogens (tertiary/aromatic N) is 3. The van der Waals surface area contributed by atoms with Gasteiger partial charge in [0.2, 0.25) is 0 Å². The molecule has 0 spiro atoms. The SMILES string of the molecule is Cc1ccc(NS(=O)(=O)c2cc(-c3nc(C)c(C(=O)N4CCCCC4)s3)n(C)c2)c(Cl)c1. The second kappa shape index (κ2) is 8.88. The number of likely N-dealkylation sites (tertiary alicyclic amines) is 1. The van der Waals surface area contributed by atoms with Gasteiger partial charge in [0.05, 0.1) is 22.1 Å².